The first-order valence-electron chi connectivity index (χ1n) is 7.58. The average molecular weight is 342 g/mol. The Morgan fingerprint density at radius 2 is 1.79 bits per heavy atom. The van der Waals surface area contributed by atoms with Gasteiger partial charge in [-0.2, -0.15) is 0 Å². The van der Waals surface area contributed by atoms with E-state index in [2.05, 4.69) is 5.32 Å². The summed E-state index contributed by atoms with van der Waals surface area (Å²) in [5.74, 6) is -0.540. The van der Waals surface area contributed by atoms with Gasteiger partial charge in [0, 0.05) is 0 Å². The smallest absolute Gasteiger partial charge is 0.310 e. The van der Waals surface area contributed by atoms with E-state index in [9.17, 15) is 9.59 Å². The lowest BCUT2D eigenvalue weighted by Crippen LogP contribution is -2.10. The van der Waals surface area contributed by atoms with Crippen LogP contribution >= 0.6 is 11.6 Å². The molecule has 122 valence electrons. The zero-order valence-corrected chi connectivity index (χ0v) is 14.1. The van der Waals surface area contributed by atoms with Crippen molar-refractivity contribution in [3.05, 3.63) is 53.1 Å². The summed E-state index contributed by atoms with van der Waals surface area (Å²) in [5, 5.41) is 3.07. The lowest BCUT2D eigenvalue weighted by atomic mass is 10.0. The molecule has 0 saturated carbocycles. The van der Waals surface area contributed by atoms with Gasteiger partial charge in [-0.25, -0.2) is 0 Å². The molecule has 0 unspecified atom stereocenters. The maximum absolute atomic E-state index is 11.5. The second-order valence-electron chi connectivity index (χ2n) is 5.13. The Labute approximate surface area is 147 Å². The van der Waals surface area contributed by atoms with Crippen molar-refractivity contribution in [3.8, 4) is 11.1 Å². The Kier molecular flexibility index (Phi) is 6.44. The van der Waals surface area contributed by atoms with Crippen LogP contribution < -0.4 is 5.32 Å². The Hall–Kier alpha value is -2.27. The molecule has 2 rings (SSSR count). The monoisotopic (exact) mass is 341 g/mol. The number of carbonyl (C=O) groups excluding carboxylic acids is 2. The molecular weight excluding hydrogens is 324 g/mol. The second-order valence-corrected chi connectivity index (χ2v) is 5.53. The van der Waals surface area contributed by atoms with Crippen LogP contribution in [0.3, 0.4) is 0 Å². The molecule has 0 saturated heterocycles. The molecule has 0 fully saturated rings. The third kappa shape index (κ3) is 4.86. The fraction of sp³-hybridized carbons (Fsp3) is 0.222. The van der Waals surface area contributed by atoms with Crippen LogP contribution in [0.1, 0.15) is 12.5 Å². The van der Waals surface area contributed by atoms with Crippen LogP contribution in [0, 0.1) is 0 Å². The summed E-state index contributed by atoms with van der Waals surface area (Å²) in [6, 6.07) is 13.0. The maximum Gasteiger partial charge on any atom is 0.310 e. The highest BCUT2D eigenvalue weighted by Crippen LogP contribution is 2.29. The summed E-state index contributed by atoms with van der Waals surface area (Å²) < 4.78 is 4.93. The largest absolute Gasteiger partial charge is 0.466 e. The van der Waals surface area contributed by atoms with Crippen molar-refractivity contribution in [3.63, 3.8) is 0 Å². The number of benzene rings is 2. The molecule has 0 aliphatic carbocycles. The Bertz CT molecular complexity index is 732. The second kappa shape index (κ2) is 8.55. The Morgan fingerprint density at radius 3 is 2.38 bits per heavy atom. The number of esters is 1. The van der Waals surface area contributed by atoms with Crippen LogP contribution in [0.5, 0.6) is 0 Å². The number of rotatable bonds is 6. The number of carbonyl (C=O) groups is 2. The summed E-state index contributed by atoms with van der Waals surface area (Å²) in [7, 11) is 5.27. The predicted molar refractivity (Wildman–Crippen MR) is 96.4 cm³/mol. The first-order valence-corrected chi connectivity index (χ1v) is 7.95. The van der Waals surface area contributed by atoms with Crippen LogP contribution in [-0.2, 0) is 20.7 Å². The van der Waals surface area contributed by atoms with E-state index in [1.54, 1.807) is 19.1 Å². The van der Waals surface area contributed by atoms with E-state index in [4.69, 9.17) is 24.2 Å². The summed E-state index contributed by atoms with van der Waals surface area (Å²) in [5.41, 5.74) is 3.28. The van der Waals surface area contributed by atoms with E-state index >= 15 is 0 Å². The van der Waals surface area contributed by atoms with Gasteiger partial charge < -0.3 is 10.1 Å². The number of hydrogen-bond acceptors (Lipinski definition) is 3. The average Bonchev–Trinajstić information content (AvgIpc) is 2.57. The lowest BCUT2D eigenvalue weighted by molar-refractivity contribution is -0.142. The number of nitrogens with one attached hydrogen (secondary N) is 1. The topological polar surface area (TPSA) is 55.4 Å². The van der Waals surface area contributed by atoms with Gasteiger partial charge in [-0.1, -0.05) is 41.9 Å². The van der Waals surface area contributed by atoms with Crippen molar-refractivity contribution >= 4 is 37.0 Å². The van der Waals surface area contributed by atoms with Crippen molar-refractivity contribution in [1.29, 1.82) is 0 Å². The molecule has 0 aliphatic rings. The minimum atomic E-state index is -0.298. The normalized spacial score (nSPS) is 10.2. The summed E-state index contributed by atoms with van der Waals surface area (Å²) in [6.45, 7) is 2.16. The van der Waals surface area contributed by atoms with Gasteiger partial charge >= 0.3 is 5.97 Å². The quantitative estimate of drug-likeness (QED) is 0.644. The Morgan fingerprint density at radius 1 is 1.12 bits per heavy atom. The zero-order chi connectivity index (χ0) is 17.5. The van der Waals surface area contributed by atoms with Crippen molar-refractivity contribution in [2.24, 2.45) is 0 Å². The summed E-state index contributed by atoms with van der Waals surface area (Å²) >= 11 is 6.20. The van der Waals surface area contributed by atoms with E-state index in [1.807, 2.05) is 30.3 Å². The van der Waals surface area contributed by atoms with E-state index in [-0.39, 0.29) is 24.6 Å². The molecule has 1 amide bonds. The summed E-state index contributed by atoms with van der Waals surface area (Å²) in [6.07, 6.45) is 0.152. The molecule has 2 aromatic carbocycles. The fourth-order valence-electron chi connectivity index (χ4n) is 2.19. The predicted octanol–water partition coefficient (Wildman–Crippen LogP) is 3.64. The van der Waals surface area contributed by atoms with Gasteiger partial charge in [-0.05, 0) is 42.1 Å². The number of halogens is 1. The number of ether oxygens (including phenoxy) is 1. The van der Waals surface area contributed by atoms with Crippen LogP contribution in [0.4, 0.5) is 5.69 Å². The highest BCUT2D eigenvalue weighted by molar-refractivity contribution is 6.34. The van der Waals surface area contributed by atoms with Gasteiger partial charge in [0.1, 0.15) is 0 Å². The van der Waals surface area contributed by atoms with Crippen LogP contribution in [0.2, 0.25) is 11.3 Å². The van der Waals surface area contributed by atoms with Gasteiger partial charge in [0.15, 0.2) is 0 Å². The number of amides is 1. The van der Waals surface area contributed by atoms with Gasteiger partial charge in [-0.3, -0.25) is 9.59 Å². The maximum atomic E-state index is 11.5. The Balaban J connectivity index is 2.12. The molecule has 0 bridgehead atoms. The minimum absolute atomic E-state index is 0.0972. The third-order valence-electron chi connectivity index (χ3n) is 3.37. The summed E-state index contributed by atoms with van der Waals surface area (Å²) in [4.78, 5) is 22.8. The molecule has 24 heavy (non-hydrogen) atoms. The van der Waals surface area contributed by atoms with E-state index in [0.29, 0.717) is 17.3 Å². The van der Waals surface area contributed by atoms with Crippen LogP contribution in [0.25, 0.3) is 11.1 Å². The lowest BCUT2D eigenvalue weighted by Gasteiger charge is -2.09. The van der Waals surface area contributed by atoms with Crippen LogP contribution in [0.15, 0.2) is 42.5 Å². The molecule has 0 atom stereocenters. The highest BCUT2D eigenvalue weighted by atomic mass is 35.5. The third-order valence-corrected chi connectivity index (χ3v) is 3.68. The molecule has 4 nitrogen and oxygen atoms in total. The molecule has 0 spiro atoms. The van der Waals surface area contributed by atoms with Crippen molar-refractivity contribution in [2.75, 3.05) is 11.9 Å². The molecule has 2 aromatic rings. The van der Waals surface area contributed by atoms with Gasteiger partial charge in [0.25, 0.3) is 0 Å². The van der Waals surface area contributed by atoms with Gasteiger partial charge in [0.05, 0.1) is 31.6 Å². The molecule has 6 heteroatoms. The van der Waals surface area contributed by atoms with E-state index in [0.717, 1.165) is 16.7 Å². The van der Waals surface area contributed by atoms with Crippen molar-refractivity contribution < 1.29 is 14.3 Å². The highest BCUT2D eigenvalue weighted by Gasteiger charge is 2.08. The fourth-order valence-corrected chi connectivity index (χ4v) is 2.42. The standard InChI is InChI=1S/C18H17BClNO3/c1-2-24-18(23)9-12-3-5-13(6-4-12)14-7-8-16(15(20)10-14)21-17(22)11-19/h3-8,10H,2,9,11H2,1H3,(H,21,22). The van der Waals surface area contributed by atoms with Gasteiger partial charge in [-0.15, -0.1) is 0 Å². The molecule has 0 heterocycles. The minimum Gasteiger partial charge on any atom is -0.466 e. The van der Waals surface area contributed by atoms with Crippen molar-refractivity contribution in [1.82, 2.24) is 0 Å². The van der Waals surface area contributed by atoms with Gasteiger partial charge in [0.2, 0.25) is 5.91 Å². The number of hydrogen-bond donors (Lipinski definition) is 1. The van der Waals surface area contributed by atoms with Crippen molar-refractivity contribution in [2.45, 2.75) is 19.7 Å². The molecule has 2 radical (unpaired) electrons. The zero-order valence-electron chi connectivity index (χ0n) is 13.3. The molecule has 0 aromatic heterocycles. The van der Waals surface area contributed by atoms with Crippen LogP contribution in [-0.4, -0.2) is 26.3 Å². The molecule has 0 aliphatic heterocycles. The number of anilines is 1. The molecular formula is C18H17BClNO3. The SMILES string of the molecule is [B]CC(=O)Nc1ccc(-c2ccc(CC(=O)OCC)cc2)cc1Cl. The van der Waals surface area contributed by atoms with E-state index in [1.165, 1.54) is 0 Å². The molecule has 1 N–H and O–H groups in total. The first kappa shape index (κ1) is 18.1. The van der Waals surface area contributed by atoms with E-state index < -0.39 is 0 Å². The first-order chi connectivity index (χ1) is 11.5.